The van der Waals surface area contributed by atoms with E-state index in [-0.39, 0.29) is 12.1 Å². The SMILES string of the molecule is Cc1ccccc1-c1[nH]n(C)c(=O)c1CN. The number of aromatic nitrogens is 2. The molecule has 0 saturated carbocycles. The molecule has 0 aliphatic heterocycles. The molecule has 2 rings (SSSR count). The van der Waals surface area contributed by atoms with Gasteiger partial charge < -0.3 is 5.73 Å². The second-order valence-electron chi connectivity index (χ2n) is 3.85. The molecule has 0 unspecified atom stereocenters. The Hall–Kier alpha value is -1.81. The van der Waals surface area contributed by atoms with E-state index in [1.165, 1.54) is 4.68 Å². The van der Waals surface area contributed by atoms with E-state index in [1.807, 2.05) is 31.2 Å². The van der Waals surface area contributed by atoms with Crippen LogP contribution in [0, 0.1) is 6.92 Å². The second-order valence-corrected chi connectivity index (χ2v) is 3.85. The van der Waals surface area contributed by atoms with Crippen LogP contribution in [-0.4, -0.2) is 9.78 Å². The summed E-state index contributed by atoms with van der Waals surface area (Å²) in [4.78, 5) is 11.8. The van der Waals surface area contributed by atoms with Crippen molar-refractivity contribution in [1.82, 2.24) is 9.78 Å². The molecule has 4 heteroatoms. The average molecular weight is 217 g/mol. The van der Waals surface area contributed by atoms with Crippen LogP contribution in [0.15, 0.2) is 29.1 Å². The van der Waals surface area contributed by atoms with Gasteiger partial charge in [0.25, 0.3) is 5.56 Å². The molecule has 0 saturated heterocycles. The lowest BCUT2D eigenvalue weighted by atomic mass is 10.0. The Morgan fingerprint density at radius 3 is 2.69 bits per heavy atom. The molecule has 1 heterocycles. The van der Waals surface area contributed by atoms with E-state index >= 15 is 0 Å². The van der Waals surface area contributed by atoms with Crippen LogP contribution in [-0.2, 0) is 13.6 Å². The molecule has 0 bridgehead atoms. The van der Waals surface area contributed by atoms with Crippen molar-refractivity contribution in [3.8, 4) is 11.3 Å². The Balaban J connectivity index is 2.70. The zero-order valence-corrected chi connectivity index (χ0v) is 9.45. The number of H-pyrrole nitrogens is 1. The smallest absolute Gasteiger partial charge is 0.271 e. The Kier molecular flexibility index (Phi) is 2.66. The highest BCUT2D eigenvalue weighted by Crippen LogP contribution is 2.22. The first kappa shape index (κ1) is 10.7. The number of aromatic amines is 1. The molecule has 2 aromatic rings. The van der Waals surface area contributed by atoms with Gasteiger partial charge >= 0.3 is 0 Å². The number of rotatable bonds is 2. The summed E-state index contributed by atoms with van der Waals surface area (Å²) in [5.74, 6) is 0. The molecule has 16 heavy (non-hydrogen) atoms. The maximum Gasteiger partial charge on any atom is 0.271 e. The van der Waals surface area contributed by atoms with Crippen LogP contribution in [0.1, 0.15) is 11.1 Å². The predicted molar refractivity (Wildman–Crippen MR) is 64.1 cm³/mol. The van der Waals surface area contributed by atoms with Crippen molar-refractivity contribution < 1.29 is 0 Å². The zero-order valence-electron chi connectivity index (χ0n) is 9.45. The number of benzene rings is 1. The van der Waals surface area contributed by atoms with Crippen molar-refractivity contribution in [3.05, 3.63) is 45.7 Å². The second kappa shape index (κ2) is 3.98. The Bertz CT molecular complexity index is 566. The van der Waals surface area contributed by atoms with Gasteiger partial charge in [-0.2, -0.15) is 0 Å². The fourth-order valence-electron chi connectivity index (χ4n) is 1.86. The minimum atomic E-state index is -0.0549. The molecule has 84 valence electrons. The fraction of sp³-hybridized carbons (Fsp3) is 0.250. The molecule has 0 radical (unpaired) electrons. The van der Waals surface area contributed by atoms with Crippen molar-refractivity contribution in [2.75, 3.05) is 0 Å². The predicted octanol–water partition coefficient (Wildman–Crippen LogP) is 1.15. The third-order valence-electron chi connectivity index (χ3n) is 2.76. The lowest BCUT2D eigenvalue weighted by molar-refractivity contribution is 0.739. The highest BCUT2D eigenvalue weighted by molar-refractivity contribution is 5.66. The molecule has 0 aliphatic carbocycles. The van der Waals surface area contributed by atoms with Gasteiger partial charge in [-0.15, -0.1) is 0 Å². The molecule has 3 N–H and O–H groups in total. The normalized spacial score (nSPS) is 10.7. The average Bonchev–Trinajstić information content (AvgIpc) is 2.56. The van der Waals surface area contributed by atoms with Crippen molar-refractivity contribution in [2.24, 2.45) is 12.8 Å². The Morgan fingerprint density at radius 1 is 1.38 bits per heavy atom. The number of hydrogen-bond donors (Lipinski definition) is 2. The molecule has 4 nitrogen and oxygen atoms in total. The van der Waals surface area contributed by atoms with Gasteiger partial charge in [-0.3, -0.25) is 14.6 Å². The summed E-state index contributed by atoms with van der Waals surface area (Å²) in [6.45, 7) is 2.26. The van der Waals surface area contributed by atoms with Crippen molar-refractivity contribution in [3.63, 3.8) is 0 Å². The van der Waals surface area contributed by atoms with Gasteiger partial charge in [-0.25, -0.2) is 0 Å². The van der Waals surface area contributed by atoms with E-state index < -0.39 is 0 Å². The first-order valence-corrected chi connectivity index (χ1v) is 5.19. The van der Waals surface area contributed by atoms with Gasteiger partial charge in [-0.05, 0) is 12.5 Å². The van der Waals surface area contributed by atoms with Crippen LogP contribution in [0.4, 0.5) is 0 Å². The summed E-state index contributed by atoms with van der Waals surface area (Å²) in [6, 6.07) is 7.93. The third kappa shape index (κ3) is 1.57. The standard InChI is InChI=1S/C12H15N3O/c1-8-5-3-4-6-9(8)11-10(7-13)12(16)15(2)14-11/h3-6,14H,7,13H2,1-2H3. The quantitative estimate of drug-likeness (QED) is 0.792. The number of nitrogens with one attached hydrogen (secondary N) is 1. The molecule has 0 amide bonds. The molecule has 0 fully saturated rings. The van der Waals surface area contributed by atoms with Crippen molar-refractivity contribution in [1.29, 1.82) is 0 Å². The van der Waals surface area contributed by atoms with Crippen LogP contribution in [0.3, 0.4) is 0 Å². The third-order valence-corrected chi connectivity index (χ3v) is 2.76. The Morgan fingerprint density at radius 2 is 2.06 bits per heavy atom. The minimum Gasteiger partial charge on any atom is -0.326 e. The van der Waals surface area contributed by atoms with E-state index in [4.69, 9.17) is 5.73 Å². The molecule has 1 aromatic carbocycles. The van der Waals surface area contributed by atoms with E-state index in [0.29, 0.717) is 5.56 Å². The van der Waals surface area contributed by atoms with E-state index in [1.54, 1.807) is 7.05 Å². The van der Waals surface area contributed by atoms with Crippen LogP contribution in [0.2, 0.25) is 0 Å². The lowest BCUT2D eigenvalue weighted by Crippen LogP contribution is -2.17. The summed E-state index contributed by atoms with van der Waals surface area (Å²) in [5, 5.41) is 3.05. The molecular weight excluding hydrogens is 202 g/mol. The maximum absolute atomic E-state index is 11.8. The van der Waals surface area contributed by atoms with Gasteiger partial charge in [0.05, 0.1) is 11.3 Å². The highest BCUT2D eigenvalue weighted by Gasteiger charge is 2.13. The number of nitrogens with zero attached hydrogens (tertiary/aromatic N) is 1. The van der Waals surface area contributed by atoms with Gasteiger partial charge in [0.15, 0.2) is 0 Å². The Labute approximate surface area is 93.7 Å². The lowest BCUT2D eigenvalue weighted by Gasteiger charge is -2.04. The molecular formula is C12H15N3O. The van der Waals surface area contributed by atoms with Gasteiger partial charge in [0.1, 0.15) is 0 Å². The minimum absolute atomic E-state index is 0.0549. The van der Waals surface area contributed by atoms with Gasteiger partial charge in [0, 0.05) is 19.2 Å². The summed E-state index contributed by atoms with van der Waals surface area (Å²) in [5.41, 5.74) is 9.18. The van der Waals surface area contributed by atoms with E-state index in [0.717, 1.165) is 16.8 Å². The largest absolute Gasteiger partial charge is 0.326 e. The van der Waals surface area contributed by atoms with Crippen LogP contribution in [0.25, 0.3) is 11.3 Å². The monoisotopic (exact) mass is 217 g/mol. The topological polar surface area (TPSA) is 63.8 Å². The van der Waals surface area contributed by atoms with Crippen LogP contribution < -0.4 is 11.3 Å². The van der Waals surface area contributed by atoms with Crippen LogP contribution >= 0.6 is 0 Å². The summed E-state index contributed by atoms with van der Waals surface area (Å²) in [7, 11) is 1.70. The number of aryl methyl sites for hydroxylation is 2. The first-order chi connectivity index (χ1) is 7.65. The van der Waals surface area contributed by atoms with Gasteiger partial charge in [0.2, 0.25) is 0 Å². The van der Waals surface area contributed by atoms with E-state index in [2.05, 4.69) is 5.10 Å². The molecule has 1 aromatic heterocycles. The zero-order chi connectivity index (χ0) is 11.7. The van der Waals surface area contributed by atoms with Gasteiger partial charge in [-0.1, -0.05) is 24.3 Å². The molecule has 0 atom stereocenters. The summed E-state index contributed by atoms with van der Waals surface area (Å²) >= 11 is 0. The highest BCUT2D eigenvalue weighted by atomic mass is 16.1. The molecule has 0 spiro atoms. The summed E-state index contributed by atoms with van der Waals surface area (Å²) < 4.78 is 1.46. The number of nitrogens with two attached hydrogens (primary N) is 1. The summed E-state index contributed by atoms with van der Waals surface area (Å²) in [6.07, 6.45) is 0. The molecule has 0 aliphatic rings. The maximum atomic E-state index is 11.8. The first-order valence-electron chi connectivity index (χ1n) is 5.19. The van der Waals surface area contributed by atoms with Crippen molar-refractivity contribution >= 4 is 0 Å². The fourth-order valence-corrected chi connectivity index (χ4v) is 1.86. The van der Waals surface area contributed by atoms with Crippen LogP contribution in [0.5, 0.6) is 0 Å². The van der Waals surface area contributed by atoms with Crippen molar-refractivity contribution in [2.45, 2.75) is 13.5 Å². The number of hydrogen-bond acceptors (Lipinski definition) is 2. The van der Waals surface area contributed by atoms with E-state index in [9.17, 15) is 4.79 Å².